The van der Waals surface area contributed by atoms with Crippen molar-refractivity contribution in [3.8, 4) is 5.75 Å². The summed E-state index contributed by atoms with van der Waals surface area (Å²) in [5.41, 5.74) is 2.50. The summed E-state index contributed by atoms with van der Waals surface area (Å²) in [5.74, 6) is 0.0250. The maximum absolute atomic E-state index is 13.5. The minimum absolute atomic E-state index is 0.232. The van der Waals surface area contributed by atoms with Crippen molar-refractivity contribution in [2.75, 3.05) is 0 Å². The smallest absolute Gasteiger partial charge is 0.127 e. The second-order valence-corrected chi connectivity index (χ2v) is 5.39. The summed E-state index contributed by atoms with van der Waals surface area (Å²) in [6.45, 7) is 2.88. The lowest BCUT2D eigenvalue weighted by Gasteiger charge is -2.09. The Morgan fingerprint density at radius 1 is 1.11 bits per heavy atom. The summed E-state index contributed by atoms with van der Waals surface area (Å²) in [6, 6.07) is 10.3. The molecule has 2 aromatic carbocycles. The van der Waals surface area contributed by atoms with Gasteiger partial charge in [0.2, 0.25) is 0 Å². The van der Waals surface area contributed by atoms with E-state index in [2.05, 4.69) is 21.2 Å². The summed E-state index contributed by atoms with van der Waals surface area (Å²) < 4.78 is 14.4. The average Bonchev–Trinajstić information content (AvgIpc) is 2.38. The fraction of sp³-hybridized carbons (Fsp3) is 0.200. The highest BCUT2D eigenvalue weighted by molar-refractivity contribution is 9.10. The molecule has 0 atom stereocenters. The van der Waals surface area contributed by atoms with Crippen LogP contribution < -0.4 is 5.32 Å². The van der Waals surface area contributed by atoms with Crippen LogP contribution in [0.25, 0.3) is 0 Å². The molecule has 0 saturated carbocycles. The van der Waals surface area contributed by atoms with E-state index in [-0.39, 0.29) is 11.6 Å². The summed E-state index contributed by atoms with van der Waals surface area (Å²) in [5, 5.41) is 12.8. The molecule has 0 aliphatic heterocycles. The minimum Gasteiger partial charge on any atom is -0.508 e. The molecule has 2 N–H and O–H groups in total. The minimum atomic E-state index is -0.232. The van der Waals surface area contributed by atoms with Crippen LogP contribution in [0.3, 0.4) is 0 Å². The van der Waals surface area contributed by atoms with Gasteiger partial charge in [-0.05, 0) is 31.2 Å². The Morgan fingerprint density at radius 2 is 1.84 bits per heavy atom. The molecule has 4 heteroatoms. The van der Waals surface area contributed by atoms with E-state index in [4.69, 9.17) is 0 Å². The first-order chi connectivity index (χ1) is 9.06. The lowest BCUT2D eigenvalue weighted by molar-refractivity contribution is 0.464. The van der Waals surface area contributed by atoms with Crippen LogP contribution in [0.4, 0.5) is 4.39 Å². The van der Waals surface area contributed by atoms with E-state index in [1.54, 1.807) is 18.2 Å². The molecule has 0 radical (unpaired) electrons. The summed E-state index contributed by atoms with van der Waals surface area (Å²) in [6.07, 6.45) is 0. The predicted molar refractivity (Wildman–Crippen MR) is 77.5 cm³/mol. The van der Waals surface area contributed by atoms with E-state index in [1.807, 2.05) is 19.1 Å². The fourth-order valence-electron chi connectivity index (χ4n) is 1.87. The first-order valence-corrected chi connectivity index (χ1v) is 6.78. The molecule has 2 aromatic rings. The predicted octanol–water partition coefficient (Wildman–Crippen LogP) is 3.89. The Kier molecular flexibility index (Phi) is 4.56. The van der Waals surface area contributed by atoms with Gasteiger partial charge in [0.15, 0.2) is 0 Å². The molecule has 0 aliphatic rings. The van der Waals surface area contributed by atoms with Crippen LogP contribution in [0.5, 0.6) is 5.75 Å². The molecular weight excluding hydrogens is 309 g/mol. The molecule has 0 aromatic heterocycles. The Balaban J connectivity index is 2.00. The molecule has 2 nitrogen and oxygen atoms in total. The Labute approximate surface area is 120 Å². The summed E-state index contributed by atoms with van der Waals surface area (Å²) in [4.78, 5) is 0. The van der Waals surface area contributed by atoms with Crippen LogP contribution in [0.2, 0.25) is 0 Å². The van der Waals surface area contributed by atoms with Crippen LogP contribution in [-0.4, -0.2) is 5.11 Å². The van der Waals surface area contributed by atoms with E-state index in [0.717, 1.165) is 15.6 Å². The fourth-order valence-corrected chi connectivity index (χ4v) is 2.28. The molecule has 0 unspecified atom stereocenters. The number of hydrogen-bond acceptors (Lipinski definition) is 2. The van der Waals surface area contributed by atoms with E-state index in [0.29, 0.717) is 18.7 Å². The molecule has 0 aliphatic carbocycles. The van der Waals surface area contributed by atoms with Gasteiger partial charge in [0.05, 0.1) is 0 Å². The van der Waals surface area contributed by atoms with Gasteiger partial charge >= 0.3 is 0 Å². The van der Waals surface area contributed by atoms with Crippen molar-refractivity contribution in [3.63, 3.8) is 0 Å². The van der Waals surface area contributed by atoms with Crippen molar-refractivity contribution in [2.24, 2.45) is 0 Å². The molecule has 0 fully saturated rings. The van der Waals surface area contributed by atoms with E-state index >= 15 is 0 Å². The topological polar surface area (TPSA) is 32.3 Å². The molecule has 0 saturated heterocycles. The number of phenols is 1. The standard InChI is InChI=1S/C15H15BrFNO/c1-10-2-5-15(19)12(6-10)9-18-8-11-7-13(16)3-4-14(11)17/h2-7,18-19H,8-9H2,1H3. The first kappa shape index (κ1) is 14.0. The van der Waals surface area contributed by atoms with Crippen molar-refractivity contribution in [2.45, 2.75) is 20.0 Å². The van der Waals surface area contributed by atoms with E-state index < -0.39 is 0 Å². The largest absolute Gasteiger partial charge is 0.508 e. The number of nitrogens with one attached hydrogen (secondary N) is 1. The van der Waals surface area contributed by atoms with Gasteiger partial charge in [-0.25, -0.2) is 4.39 Å². The van der Waals surface area contributed by atoms with Crippen molar-refractivity contribution >= 4 is 15.9 Å². The Bertz CT molecular complexity index is 535. The van der Waals surface area contributed by atoms with Crippen LogP contribution in [0.15, 0.2) is 40.9 Å². The second-order valence-electron chi connectivity index (χ2n) is 4.47. The molecular formula is C15H15BrFNO. The first-order valence-electron chi connectivity index (χ1n) is 5.99. The lowest BCUT2D eigenvalue weighted by atomic mass is 10.1. The third-order valence-electron chi connectivity index (χ3n) is 2.87. The van der Waals surface area contributed by atoms with Gasteiger partial charge in [-0.3, -0.25) is 0 Å². The molecule has 0 bridgehead atoms. The van der Waals surface area contributed by atoms with Crippen LogP contribution >= 0.6 is 15.9 Å². The highest BCUT2D eigenvalue weighted by Gasteiger charge is 2.04. The SMILES string of the molecule is Cc1ccc(O)c(CNCc2cc(Br)ccc2F)c1. The number of aryl methyl sites for hydroxylation is 1. The third kappa shape index (κ3) is 3.78. The second kappa shape index (κ2) is 6.17. The third-order valence-corrected chi connectivity index (χ3v) is 3.37. The van der Waals surface area contributed by atoms with Gasteiger partial charge in [-0.15, -0.1) is 0 Å². The van der Waals surface area contributed by atoms with Gasteiger partial charge in [-0.1, -0.05) is 33.6 Å². The normalized spacial score (nSPS) is 10.7. The summed E-state index contributed by atoms with van der Waals surface area (Å²) >= 11 is 3.32. The van der Waals surface area contributed by atoms with Gasteiger partial charge in [0.25, 0.3) is 0 Å². The van der Waals surface area contributed by atoms with Crippen LogP contribution in [0.1, 0.15) is 16.7 Å². The maximum atomic E-state index is 13.5. The monoisotopic (exact) mass is 323 g/mol. The average molecular weight is 324 g/mol. The molecule has 0 heterocycles. The van der Waals surface area contributed by atoms with Crippen molar-refractivity contribution < 1.29 is 9.50 Å². The van der Waals surface area contributed by atoms with Gasteiger partial charge in [-0.2, -0.15) is 0 Å². The maximum Gasteiger partial charge on any atom is 0.127 e. The zero-order valence-corrected chi connectivity index (χ0v) is 12.2. The van der Waals surface area contributed by atoms with Crippen molar-refractivity contribution in [1.29, 1.82) is 0 Å². The molecule has 19 heavy (non-hydrogen) atoms. The van der Waals surface area contributed by atoms with Gasteiger partial charge in [0, 0.05) is 28.7 Å². The van der Waals surface area contributed by atoms with Gasteiger partial charge in [0.1, 0.15) is 11.6 Å². The zero-order valence-electron chi connectivity index (χ0n) is 10.6. The van der Waals surface area contributed by atoms with Crippen molar-refractivity contribution in [1.82, 2.24) is 5.32 Å². The molecule has 0 spiro atoms. The number of rotatable bonds is 4. The van der Waals surface area contributed by atoms with E-state index in [1.165, 1.54) is 6.07 Å². The molecule has 0 amide bonds. The Morgan fingerprint density at radius 3 is 2.63 bits per heavy atom. The number of aromatic hydroxyl groups is 1. The molecule has 2 rings (SSSR count). The lowest BCUT2D eigenvalue weighted by Crippen LogP contribution is -2.14. The number of hydrogen-bond donors (Lipinski definition) is 2. The van der Waals surface area contributed by atoms with Crippen LogP contribution in [0, 0.1) is 12.7 Å². The highest BCUT2D eigenvalue weighted by Crippen LogP contribution is 2.19. The van der Waals surface area contributed by atoms with Crippen LogP contribution in [-0.2, 0) is 13.1 Å². The number of halogens is 2. The number of benzene rings is 2. The van der Waals surface area contributed by atoms with E-state index in [9.17, 15) is 9.50 Å². The Hall–Kier alpha value is -1.39. The summed E-state index contributed by atoms with van der Waals surface area (Å²) in [7, 11) is 0. The number of phenolic OH excluding ortho intramolecular Hbond substituents is 1. The highest BCUT2D eigenvalue weighted by atomic mass is 79.9. The quantitative estimate of drug-likeness (QED) is 0.894. The van der Waals surface area contributed by atoms with Gasteiger partial charge < -0.3 is 10.4 Å². The van der Waals surface area contributed by atoms with Crippen molar-refractivity contribution in [3.05, 3.63) is 63.4 Å². The zero-order chi connectivity index (χ0) is 13.8. The molecule has 100 valence electrons.